The Morgan fingerprint density at radius 3 is 2.39 bits per heavy atom. The van der Waals surface area contributed by atoms with Gasteiger partial charge in [0.2, 0.25) is 17.7 Å². The van der Waals surface area contributed by atoms with E-state index in [-0.39, 0.29) is 18.4 Å². The number of hydrogen-bond donors (Lipinski definition) is 2. The van der Waals surface area contributed by atoms with Gasteiger partial charge in [-0.15, -0.1) is 10.2 Å². The Balaban J connectivity index is 1.17. The van der Waals surface area contributed by atoms with Crippen molar-refractivity contribution in [1.29, 1.82) is 0 Å². The smallest absolute Gasteiger partial charge is 0.247 e. The first kappa shape index (κ1) is 20.6. The minimum Gasteiger partial charge on any atom is -0.421 e. The molecule has 33 heavy (non-hydrogen) atoms. The van der Waals surface area contributed by atoms with Crippen molar-refractivity contribution in [3.05, 3.63) is 90.6 Å². The van der Waals surface area contributed by atoms with Crippen LogP contribution in [0.5, 0.6) is 0 Å². The Hall–Kier alpha value is -4.26. The lowest BCUT2D eigenvalue weighted by molar-refractivity contribution is -0.121. The predicted molar refractivity (Wildman–Crippen MR) is 126 cm³/mol. The summed E-state index contributed by atoms with van der Waals surface area (Å²) in [5, 5.41) is 11.2. The molecule has 2 aromatic heterocycles. The minimum atomic E-state index is -0.230. The monoisotopic (exact) mass is 437 g/mol. The number of H-pyrrole nitrogens is 1. The van der Waals surface area contributed by atoms with Gasteiger partial charge in [-0.25, -0.2) is 4.98 Å². The van der Waals surface area contributed by atoms with Gasteiger partial charge >= 0.3 is 0 Å². The third-order valence-electron chi connectivity index (χ3n) is 5.47. The first-order valence-electron chi connectivity index (χ1n) is 10.9. The minimum absolute atomic E-state index is 0.102. The van der Waals surface area contributed by atoms with E-state index in [4.69, 9.17) is 4.42 Å². The van der Waals surface area contributed by atoms with E-state index in [1.165, 1.54) is 0 Å². The van der Waals surface area contributed by atoms with E-state index in [1.54, 1.807) is 0 Å². The molecular formula is C26H23N5O2. The van der Waals surface area contributed by atoms with Gasteiger partial charge in [-0.3, -0.25) is 4.79 Å². The van der Waals surface area contributed by atoms with E-state index in [2.05, 4.69) is 37.6 Å². The normalized spacial score (nSPS) is 12.0. The van der Waals surface area contributed by atoms with Crippen molar-refractivity contribution in [2.24, 2.45) is 0 Å². The van der Waals surface area contributed by atoms with E-state index in [9.17, 15) is 4.79 Å². The number of benzene rings is 3. The van der Waals surface area contributed by atoms with Crippen molar-refractivity contribution >= 4 is 16.9 Å². The molecule has 0 aliphatic rings. The molecule has 3 aromatic carbocycles. The molecule has 0 bridgehead atoms. The standard InChI is InChI=1S/C26H23N5O2/c1-17(25-28-21-9-5-6-10-22(21)29-25)27-23(32)15-16-24-30-31-26(33-24)20-13-11-19(12-14-20)18-7-3-2-4-8-18/h2-14,17H,15-16H2,1H3,(H,27,32)(H,28,29)/t17-/m0/s1. The second-order valence-electron chi connectivity index (χ2n) is 7.87. The Morgan fingerprint density at radius 2 is 1.61 bits per heavy atom. The highest BCUT2D eigenvalue weighted by atomic mass is 16.4. The Labute approximate surface area is 190 Å². The first-order chi connectivity index (χ1) is 16.2. The number of aromatic amines is 1. The summed E-state index contributed by atoms with van der Waals surface area (Å²) >= 11 is 0. The summed E-state index contributed by atoms with van der Waals surface area (Å²) in [6, 6.07) is 25.7. The van der Waals surface area contributed by atoms with Gasteiger partial charge in [0.05, 0.1) is 17.1 Å². The Bertz CT molecular complexity index is 1340. The first-order valence-corrected chi connectivity index (χ1v) is 10.9. The summed E-state index contributed by atoms with van der Waals surface area (Å²) in [5.41, 5.74) is 4.94. The number of hydrogen-bond acceptors (Lipinski definition) is 5. The third-order valence-corrected chi connectivity index (χ3v) is 5.47. The van der Waals surface area contributed by atoms with Crippen LogP contribution in [0.1, 0.15) is 31.1 Å². The van der Waals surface area contributed by atoms with Crippen LogP contribution >= 0.6 is 0 Å². The van der Waals surface area contributed by atoms with Crippen LogP contribution in [-0.4, -0.2) is 26.1 Å². The van der Waals surface area contributed by atoms with Crippen LogP contribution in [0.2, 0.25) is 0 Å². The summed E-state index contributed by atoms with van der Waals surface area (Å²) in [7, 11) is 0. The number of amides is 1. The average molecular weight is 438 g/mol. The van der Waals surface area contributed by atoms with Gasteiger partial charge in [0, 0.05) is 18.4 Å². The number of rotatable bonds is 7. The van der Waals surface area contributed by atoms with E-state index in [0.717, 1.165) is 33.5 Å². The number of imidazole rings is 1. The topological polar surface area (TPSA) is 96.7 Å². The molecule has 0 fully saturated rings. The van der Waals surface area contributed by atoms with Crippen molar-refractivity contribution in [2.75, 3.05) is 0 Å². The number of fused-ring (bicyclic) bond motifs is 1. The van der Waals surface area contributed by atoms with Gasteiger partial charge in [0.1, 0.15) is 5.82 Å². The number of nitrogens with zero attached hydrogens (tertiary/aromatic N) is 3. The number of aromatic nitrogens is 4. The fourth-order valence-electron chi connectivity index (χ4n) is 3.69. The summed E-state index contributed by atoms with van der Waals surface area (Å²) in [5.74, 6) is 1.50. The van der Waals surface area contributed by atoms with E-state index in [1.807, 2.05) is 73.7 Å². The molecule has 0 unspecified atom stereocenters. The van der Waals surface area contributed by atoms with Crippen molar-refractivity contribution in [1.82, 2.24) is 25.5 Å². The zero-order chi connectivity index (χ0) is 22.6. The van der Waals surface area contributed by atoms with Gasteiger partial charge < -0.3 is 14.7 Å². The SMILES string of the molecule is C[C@H](NC(=O)CCc1nnc(-c2ccc(-c3ccccc3)cc2)o1)c1nc2ccccc2[nH]1. The summed E-state index contributed by atoms with van der Waals surface area (Å²) in [6.45, 7) is 1.90. The maximum absolute atomic E-state index is 12.4. The second kappa shape index (κ2) is 9.08. The van der Waals surface area contributed by atoms with Crippen LogP contribution in [0, 0.1) is 0 Å². The number of aryl methyl sites for hydroxylation is 1. The Kier molecular flexibility index (Phi) is 5.68. The van der Waals surface area contributed by atoms with E-state index < -0.39 is 0 Å². The molecule has 1 atom stereocenters. The molecule has 2 heterocycles. The quantitative estimate of drug-likeness (QED) is 0.370. The highest BCUT2D eigenvalue weighted by molar-refractivity contribution is 5.77. The van der Waals surface area contributed by atoms with E-state index >= 15 is 0 Å². The molecule has 1 amide bonds. The molecule has 0 aliphatic heterocycles. The van der Waals surface area contributed by atoms with Crippen molar-refractivity contribution in [2.45, 2.75) is 25.8 Å². The van der Waals surface area contributed by atoms with Crippen LogP contribution in [-0.2, 0) is 11.2 Å². The van der Waals surface area contributed by atoms with Gasteiger partial charge in [-0.1, -0.05) is 54.6 Å². The number of carbonyl (C=O) groups is 1. The maximum atomic E-state index is 12.4. The maximum Gasteiger partial charge on any atom is 0.247 e. The van der Waals surface area contributed by atoms with Gasteiger partial charge in [-0.05, 0) is 42.3 Å². The summed E-state index contributed by atoms with van der Waals surface area (Å²) < 4.78 is 5.77. The van der Waals surface area contributed by atoms with Crippen LogP contribution in [0.15, 0.2) is 83.3 Å². The molecule has 2 N–H and O–H groups in total. The Morgan fingerprint density at radius 1 is 0.909 bits per heavy atom. The van der Waals surface area contributed by atoms with Crippen LogP contribution in [0.4, 0.5) is 0 Å². The molecule has 7 heteroatoms. The number of para-hydroxylation sites is 2. The fraction of sp³-hybridized carbons (Fsp3) is 0.154. The van der Waals surface area contributed by atoms with E-state index in [0.29, 0.717) is 18.2 Å². The molecule has 0 saturated carbocycles. The average Bonchev–Trinajstić information content (AvgIpc) is 3.51. The molecular weight excluding hydrogens is 414 g/mol. The molecule has 0 aliphatic carbocycles. The lowest BCUT2D eigenvalue weighted by Gasteiger charge is -2.10. The predicted octanol–water partition coefficient (Wildman–Crippen LogP) is 5.09. The summed E-state index contributed by atoms with van der Waals surface area (Å²) in [6.07, 6.45) is 0.618. The number of carbonyl (C=O) groups excluding carboxylic acids is 1. The molecule has 0 saturated heterocycles. The van der Waals surface area contributed by atoms with Crippen molar-refractivity contribution in [3.8, 4) is 22.6 Å². The molecule has 5 rings (SSSR count). The van der Waals surface area contributed by atoms with Crippen molar-refractivity contribution < 1.29 is 9.21 Å². The lowest BCUT2D eigenvalue weighted by atomic mass is 10.0. The third kappa shape index (κ3) is 4.67. The van der Waals surface area contributed by atoms with Gasteiger partial charge in [-0.2, -0.15) is 0 Å². The molecule has 164 valence electrons. The lowest BCUT2D eigenvalue weighted by Crippen LogP contribution is -2.27. The molecule has 7 nitrogen and oxygen atoms in total. The van der Waals surface area contributed by atoms with Crippen LogP contribution < -0.4 is 5.32 Å². The summed E-state index contributed by atoms with van der Waals surface area (Å²) in [4.78, 5) is 20.2. The largest absolute Gasteiger partial charge is 0.421 e. The molecule has 0 spiro atoms. The van der Waals surface area contributed by atoms with Crippen LogP contribution in [0.25, 0.3) is 33.6 Å². The zero-order valence-corrected chi connectivity index (χ0v) is 18.2. The zero-order valence-electron chi connectivity index (χ0n) is 18.2. The van der Waals surface area contributed by atoms with Crippen molar-refractivity contribution in [3.63, 3.8) is 0 Å². The molecule has 0 radical (unpaired) electrons. The van der Waals surface area contributed by atoms with Crippen LogP contribution in [0.3, 0.4) is 0 Å². The highest BCUT2D eigenvalue weighted by Crippen LogP contribution is 2.24. The fourth-order valence-corrected chi connectivity index (χ4v) is 3.69. The highest BCUT2D eigenvalue weighted by Gasteiger charge is 2.15. The van der Waals surface area contributed by atoms with Gasteiger partial charge in [0.15, 0.2) is 0 Å². The second-order valence-corrected chi connectivity index (χ2v) is 7.87. The van der Waals surface area contributed by atoms with Gasteiger partial charge in [0.25, 0.3) is 0 Å². The number of nitrogens with one attached hydrogen (secondary N) is 2. The molecule has 5 aromatic rings.